The Morgan fingerprint density at radius 2 is 1.90 bits per heavy atom. The number of nitrogens with zero attached hydrogens (tertiary/aromatic N) is 4. The molecule has 8 nitrogen and oxygen atoms in total. The van der Waals surface area contributed by atoms with Gasteiger partial charge in [0, 0.05) is 18.5 Å². The third-order valence-electron chi connectivity index (χ3n) is 5.45. The molecule has 1 aliphatic heterocycles. The molecule has 1 fully saturated rings. The first-order valence-corrected chi connectivity index (χ1v) is 10.00. The van der Waals surface area contributed by atoms with Crippen molar-refractivity contribution in [2.24, 2.45) is 0 Å². The minimum atomic E-state index is -0.275. The van der Waals surface area contributed by atoms with Crippen molar-refractivity contribution in [1.82, 2.24) is 25.1 Å². The molecule has 156 valence electrons. The number of ether oxygens (including phenoxy) is 2. The van der Waals surface area contributed by atoms with Crippen LogP contribution >= 0.6 is 0 Å². The number of nitrogens with one attached hydrogen (secondary N) is 1. The number of hydrogen-bond donors (Lipinski definition) is 1. The Morgan fingerprint density at radius 3 is 2.61 bits per heavy atom. The number of methoxy groups -OCH3 is 1. The average molecular weight is 415 g/mol. The second-order valence-electron chi connectivity index (χ2n) is 7.41. The Kier molecular flexibility index (Phi) is 4.83. The van der Waals surface area contributed by atoms with E-state index in [1.54, 1.807) is 25.7 Å². The van der Waals surface area contributed by atoms with Gasteiger partial charge in [-0.15, -0.1) is 0 Å². The Labute approximate surface area is 178 Å². The van der Waals surface area contributed by atoms with Gasteiger partial charge in [0.2, 0.25) is 0 Å². The van der Waals surface area contributed by atoms with E-state index in [1.807, 2.05) is 43.3 Å². The lowest BCUT2D eigenvalue weighted by molar-refractivity contribution is 0.141. The van der Waals surface area contributed by atoms with E-state index in [-0.39, 0.29) is 17.6 Å². The van der Waals surface area contributed by atoms with Gasteiger partial charge in [-0.1, -0.05) is 18.2 Å². The number of benzene rings is 2. The van der Waals surface area contributed by atoms with Crippen LogP contribution in [0.25, 0.3) is 27.8 Å². The molecule has 0 amide bonds. The molecule has 0 radical (unpaired) electrons. The number of fused-ring (bicyclic) bond motifs is 1. The quantitative estimate of drug-likeness (QED) is 0.536. The van der Waals surface area contributed by atoms with Crippen LogP contribution in [-0.2, 0) is 0 Å². The second-order valence-corrected chi connectivity index (χ2v) is 7.41. The summed E-state index contributed by atoms with van der Waals surface area (Å²) in [6.45, 7) is 3.64. The molecule has 1 aliphatic rings. The molecule has 1 N–H and O–H groups in total. The van der Waals surface area contributed by atoms with E-state index >= 15 is 0 Å². The first-order chi connectivity index (χ1) is 15.1. The molecule has 0 saturated carbocycles. The zero-order valence-corrected chi connectivity index (χ0v) is 17.2. The molecule has 5 rings (SSSR count). The van der Waals surface area contributed by atoms with E-state index in [2.05, 4.69) is 20.4 Å². The molecule has 1 saturated heterocycles. The molecular weight excluding hydrogens is 394 g/mol. The maximum Gasteiger partial charge on any atom is 0.282 e. The zero-order chi connectivity index (χ0) is 21.4. The average Bonchev–Trinajstić information content (AvgIpc) is 2.77. The van der Waals surface area contributed by atoms with E-state index in [4.69, 9.17) is 9.47 Å². The third kappa shape index (κ3) is 3.51. The van der Waals surface area contributed by atoms with E-state index in [1.165, 1.54) is 4.68 Å². The fourth-order valence-electron chi connectivity index (χ4n) is 3.63. The highest BCUT2D eigenvalue weighted by Crippen LogP contribution is 2.31. The molecule has 0 aliphatic carbocycles. The Balaban J connectivity index is 1.49. The van der Waals surface area contributed by atoms with Crippen LogP contribution in [0.2, 0.25) is 0 Å². The zero-order valence-electron chi connectivity index (χ0n) is 17.2. The van der Waals surface area contributed by atoms with Gasteiger partial charge in [-0.05, 0) is 41.8 Å². The van der Waals surface area contributed by atoms with Crippen LogP contribution < -0.4 is 20.3 Å². The van der Waals surface area contributed by atoms with Crippen LogP contribution in [0.15, 0.2) is 59.8 Å². The SMILES string of the molecule is COc1cccc(-c2ccc3c(=O)n(-c4ncc(OC5CNC5)cn4)ncc3c2)c1C. The van der Waals surface area contributed by atoms with Crippen molar-refractivity contribution in [1.29, 1.82) is 0 Å². The minimum absolute atomic E-state index is 0.137. The number of rotatable bonds is 5. The van der Waals surface area contributed by atoms with E-state index < -0.39 is 0 Å². The fraction of sp³-hybridized carbons (Fsp3) is 0.217. The third-order valence-corrected chi connectivity index (χ3v) is 5.45. The van der Waals surface area contributed by atoms with Crippen molar-refractivity contribution >= 4 is 10.8 Å². The summed E-state index contributed by atoms with van der Waals surface area (Å²) in [6, 6.07) is 11.6. The van der Waals surface area contributed by atoms with Gasteiger partial charge in [0.05, 0.1) is 31.1 Å². The molecule has 0 atom stereocenters. The summed E-state index contributed by atoms with van der Waals surface area (Å²) in [4.78, 5) is 21.5. The highest BCUT2D eigenvalue weighted by molar-refractivity contribution is 5.87. The lowest BCUT2D eigenvalue weighted by atomic mass is 9.98. The summed E-state index contributed by atoms with van der Waals surface area (Å²) in [7, 11) is 1.66. The number of hydrogen-bond acceptors (Lipinski definition) is 7. The Bertz CT molecular complexity index is 1310. The fourth-order valence-corrected chi connectivity index (χ4v) is 3.63. The molecule has 3 heterocycles. The molecule has 8 heteroatoms. The van der Waals surface area contributed by atoms with Gasteiger partial charge in [-0.2, -0.15) is 9.78 Å². The molecule has 0 bridgehead atoms. The normalized spacial score (nSPS) is 13.7. The summed E-state index contributed by atoms with van der Waals surface area (Å²) in [5, 5.41) is 8.72. The van der Waals surface area contributed by atoms with Crippen molar-refractivity contribution in [3.63, 3.8) is 0 Å². The standard InChI is InChI=1S/C23H21N5O3/c1-14-19(4-3-5-21(14)30-2)15-6-7-20-16(8-15)9-27-28(22(20)29)23-25-12-18(13-26-23)31-17-10-24-11-17/h3-9,12-13,17,24H,10-11H2,1-2H3. The molecule has 2 aromatic heterocycles. The van der Waals surface area contributed by atoms with Gasteiger partial charge in [0.15, 0.2) is 5.75 Å². The van der Waals surface area contributed by atoms with Gasteiger partial charge in [-0.3, -0.25) is 4.79 Å². The summed E-state index contributed by atoms with van der Waals surface area (Å²) in [6.07, 6.45) is 4.92. The van der Waals surface area contributed by atoms with E-state index in [0.717, 1.165) is 40.9 Å². The van der Waals surface area contributed by atoms with Gasteiger partial charge in [0.25, 0.3) is 11.5 Å². The molecule has 4 aromatic rings. The summed E-state index contributed by atoms with van der Waals surface area (Å²) >= 11 is 0. The first kappa shape index (κ1) is 19.2. The van der Waals surface area contributed by atoms with Crippen molar-refractivity contribution in [3.05, 3.63) is 70.9 Å². The van der Waals surface area contributed by atoms with Crippen molar-refractivity contribution < 1.29 is 9.47 Å². The maximum absolute atomic E-state index is 13.0. The van der Waals surface area contributed by atoms with Crippen LogP contribution in [-0.4, -0.2) is 46.1 Å². The molecule has 0 unspecified atom stereocenters. The Morgan fingerprint density at radius 1 is 1.10 bits per heavy atom. The van der Waals surface area contributed by atoms with Crippen molar-refractivity contribution in [3.8, 4) is 28.6 Å². The van der Waals surface area contributed by atoms with Gasteiger partial charge in [0.1, 0.15) is 11.9 Å². The van der Waals surface area contributed by atoms with Crippen LogP contribution in [0.1, 0.15) is 5.56 Å². The highest BCUT2D eigenvalue weighted by Gasteiger charge is 2.19. The van der Waals surface area contributed by atoms with Gasteiger partial charge in [-0.25, -0.2) is 9.97 Å². The van der Waals surface area contributed by atoms with Gasteiger partial charge < -0.3 is 14.8 Å². The van der Waals surface area contributed by atoms with Gasteiger partial charge >= 0.3 is 0 Å². The maximum atomic E-state index is 13.0. The van der Waals surface area contributed by atoms with Crippen molar-refractivity contribution in [2.45, 2.75) is 13.0 Å². The second kappa shape index (κ2) is 7.81. The molecule has 31 heavy (non-hydrogen) atoms. The lowest BCUT2D eigenvalue weighted by Gasteiger charge is -2.27. The predicted molar refractivity (Wildman–Crippen MR) is 117 cm³/mol. The smallest absolute Gasteiger partial charge is 0.282 e. The topological polar surface area (TPSA) is 91.2 Å². The lowest BCUT2D eigenvalue weighted by Crippen LogP contribution is -2.50. The van der Waals surface area contributed by atoms with Crippen LogP contribution in [0.4, 0.5) is 0 Å². The largest absolute Gasteiger partial charge is 0.496 e. The Hall–Kier alpha value is -3.78. The predicted octanol–water partition coefficient (Wildman–Crippen LogP) is 2.51. The summed E-state index contributed by atoms with van der Waals surface area (Å²) in [5.74, 6) is 1.60. The first-order valence-electron chi connectivity index (χ1n) is 10.00. The summed E-state index contributed by atoms with van der Waals surface area (Å²) < 4.78 is 12.3. The van der Waals surface area contributed by atoms with Crippen LogP contribution in [0, 0.1) is 6.92 Å². The molecule has 0 spiro atoms. The molecule has 2 aromatic carbocycles. The number of aromatic nitrogens is 4. The van der Waals surface area contributed by atoms with Crippen LogP contribution in [0.3, 0.4) is 0 Å². The highest BCUT2D eigenvalue weighted by atomic mass is 16.5. The van der Waals surface area contributed by atoms with E-state index in [9.17, 15) is 4.79 Å². The van der Waals surface area contributed by atoms with E-state index in [0.29, 0.717) is 11.1 Å². The van der Waals surface area contributed by atoms with Crippen LogP contribution in [0.5, 0.6) is 11.5 Å². The van der Waals surface area contributed by atoms with Crippen molar-refractivity contribution in [2.75, 3.05) is 20.2 Å². The monoisotopic (exact) mass is 415 g/mol. The minimum Gasteiger partial charge on any atom is -0.496 e. The summed E-state index contributed by atoms with van der Waals surface area (Å²) in [5.41, 5.74) is 2.81. The molecular formula is C23H21N5O3.